The van der Waals surface area contributed by atoms with Gasteiger partial charge in [-0.1, -0.05) is 48.5 Å². The van der Waals surface area contributed by atoms with Crippen LogP contribution in [0.4, 0.5) is 5.69 Å². The van der Waals surface area contributed by atoms with Crippen molar-refractivity contribution in [3.8, 4) is 0 Å². The summed E-state index contributed by atoms with van der Waals surface area (Å²) in [6, 6.07) is 22.3. The third-order valence-electron chi connectivity index (χ3n) is 7.32. The lowest BCUT2D eigenvalue weighted by Crippen LogP contribution is -2.38. The van der Waals surface area contributed by atoms with E-state index in [1.807, 2.05) is 42.6 Å². The first-order chi connectivity index (χ1) is 18.9. The minimum Gasteiger partial charge on any atom is -0.378 e. The molecule has 2 N–H and O–H groups in total. The Balaban J connectivity index is 1.42. The fourth-order valence-electron chi connectivity index (χ4n) is 5.16. The topological polar surface area (TPSA) is 77.7 Å². The van der Waals surface area contributed by atoms with Crippen LogP contribution in [0.25, 0.3) is 10.9 Å². The Bertz CT molecular complexity index is 1460. The molecule has 1 unspecified atom stereocenters. The molecule has 1 aromatic heterocycles. The summed E-state index contributed by atoms with van der Waals surface area (Å²) >= 11 is 0. The smallest absolute Gasteiger partial charge is 0.226 e. The number of nitrogens with zero attached hydrogens (tertiary/aromatic N) is 2. The molecule has 202 valence electrons. The van der Waals surface area contributed by atoms with Gasteiger partial charge in [0.15, 0.2) is 0 Å². The van der Waals surface area contributed by atoms with E-state index in [4.69, 9.17) is 4.74 Å². The Morgan fingerprint density at radius 2 is 1.77 bits per heavy atom. The summed E-state index contributed by atoms with van der Waals surface area (Å²) in [7, 11) is 3.52. The quantitative estimate of drug-likeness (QED) is 0.358. The van der Waals surface area contributed by atoms with Gasteiger partial charge in [-0.3, -0.25) is 9.59 Å². The van der Waals surface area contributed by atoms with Crippen molar-refractivity contribution < 1.29 is 14.3 Å². The maximum absolute atomic E-state index is 13.5. The number of aromatic amines is 1. The average molecular weight is 525 g/mol. The van der Waals surface area contributed by atoms with Crippen LogP contribution in [0.3, 0.4) is 0 Å². The van der Waals surface area contributed by atoms with Gasteiger partial charge >= 0.3 is 0 Å². The number of rotatable bonds is 8. The highest BCUT2D eigenvalue weighted by Crippen LogP contribution is 2.33. The standard InChI is InChI=1S/C32H36N4O3/c1-22-9-11-26(29(17-22)36-13-15-39-16-14-36)32(24-7-5-4-6-8-24)34-30(37)19-23-10-12-28-27(18-23)25(21-33-28)20-31(38)35(2)3/h4-12,17-18,21,32-33H,13-16,19-20H2,1-3H3,(H,34,37). The number of hydrogen-bond acceptors (Lipinski definition) is 4. The van der Waals surface area contributed by atoms with Gasteiger partial charge in [-0.25, -0.2) is 0 Å². The summed E-state index contributed by atoms with van der Waals surface area (Å²) in [6.07, 6.45) is 2.44. The third kappa shape index (κ3) is 6.15. The van der Waals surface area contributed by atoms with Crippen LogP contribution in [-0.2, 0) is 27.2 Å². The molecule has 7 heteroatoms. The Labute approximate surface area is 229 Å². The molecule has 1 aliphatic heterocycles. The Hall–Kier alpha value is -4.10. The number of fused-ring (bicyclic) bond motifs is 1. The summed E-state index contributed by atoms with van der Waals surface area (Å²) in [4.78, 5) is 33.0. The zero-order chi connectivity index (χ0) is 27.4. The lowest BCUT2D eigenvalue weighted by Gasteiger charge is -2.33. The van der Waals surface area contributed by atoms with Crippen molar-refractivity contribution in [2.45, 2.75) is 25.8 Å². The number of aryl methyl sites for hydroxylation is 1. The van der Waals surface area contributed by atoms with Gasteiger partial charge in [0, 0.05) is 55.5 Å². The molecule has 1 saturated heterocycles. The van der Waals surface area contributed by atoms with Gasteiger partial charge in [-0.05, 0) is 47.4 Å². The highest BCUT2D eigenvalue weighted by atomic mass is 16.5. The molecule has 4 aromatic rings. The van der Waals surface area contributed by atoms with Crippen molar-refractivity contribution >= 4 is 28.4 Å². The molecule has 0 radical (unpaired) electrons. The van der Waals surface area contributed by atoms with Crippen molar-refractivity contribution in [1.82, 2.24) is 15.2 Å². The van der Waals surface area contributed by atoms with Crippen LogP contribution in [0.2, 0.25) is 0 Å². The average Bonchev–Trinajstić information content (AvgIpc) is 3.34. The molecule has 0 saturated carbocycles. The van der Waals surface area contributed by atoms with Crippen LogP contribution in [0.15, 0.2) is 72.9 Å². The molecule has 7 nitrogen and oxygen atoms in total. The van der Waals surface area contributed by atoms with Gasteiger partial charge < -0.3 is 24.8 Å². The Morgan fingerprint density at radius 3 is 2.51 bits per heavy atom. The number of aromatic nitrogens is 1. The first-order valence-electron chi connectivity index (χ1n) is 13.5. The van der Waals surface area contributed by atoms with Crippen LogP contribution in [0, 0.1) is 6.92 Å². The van der Waals surface area contributed by atoms with E-state index < -0.39 is 0 Å². The summed E-state index contributed by atoms with van der Waals surface area (Å²) < 4.78 is 5.60. The minimum atomic E-state index is -0.290. The molecule has 0 bridgehead atoms. The van der Waals surface area contributed by atoms with Crippen molar-refractivity contribution in [2.75, 3.05) is 45.3 Å². The molecule has 0 spiro atoms. The predicted molar refractivity (Wildman–Crippen MR) is 155 cm³/mol. The van der Waals surface area contributed by atoms with Crippen molar-refractivity contribution in [3.63, 3.8) is 0 Å². The van der Waals surface area contributed by atoms with Gasteiger partial charge in [0.05, 0.1) is 32.1 Å². The maximum atomic E-state index is 13.5. The van der Waals surface area contributed by atoms with E-state index in [-0.39, 0.29) is 24.3 Å². The van der Waals surface area contributed by atoms with E-state index in [0.717, 1.165) is 51.9 Å². The highest BCUT2D eigenvalue weighted by molar-refractivity contribution is 5.90. The molecule has 0 aliphatic carbocycles. The van der Waals surface area contributed by atoms with Crippen LogP contribution < -0.4 is 10.2 Å². The van der Waals surface area contributed by atoms with Gasteiger partial charge in [0.2, 0.25) is 11.8 Å². The molecule has 2 heterocycles. The predicted octanol–water partition coefficient (Wildman–Crippen LogP) is 4.39. The zero-order valence-corrected chi connectivity index (χ0v) is 22.9. The summed E-state index contributed by atoms with van der Waals surface area (Å²) in [5.74, 6) is -0.0166. The van der Waals surface area contributed by atoms with E-state index in [9.17, 15) is 9.59 Å². The number of hydrogen-bond donors (Lipinski definition) is 2. The molecule has 3 aromatic carbocycles. The van der Waals surface area contributed by atoms with Gasteiger partial charge in [-0.15, -0.1) is 0 Å². The number of carbonyl (C=O) groups is 2. The summed E-state index contributed by atoms with van der Waals surface area (Å²) in [5, 5.41) is 4.31. The van der Waals surface area contributed by atoms with E-state index >= 15 is 0 Å². The zero-order valence-electron chi connectivity index (χ0n) is 22.9. The number of carbonyl (C=O) groups excluding carboxylic acids is 2. The van der Waals surface area contributed by atoms with E-state index in [1.165, 1.54) is 5.56 Å². The van der Waals surface area contributed by atoms with Gasteiger partial charge in [-0.2, -0.15) is 0 Å². The molecular formula is C32H36N4O3. The van der Waals surface area contributed by atoms with Crippen molar-refractivity contribution in [3.05, 3.63) is 101 Å². The number of anilines is 1. The third-order valence-corrected chi connectivity index (χ3v) is 7.32. The number of morpholine rings is 1. The fourth-order valence-corrected chi connectivity index (χ4v) is 5.16. The van der Waals surface area contributed by atoms with Crippen molar-refractivity contribution in [1.29, 1.82) is 0 Å². The molecular weight excluding hydrogens is 488 g/mol. The number of benzene rings is 3. The number of ether oxygens (including phenoxy) is 1. The summed E-state index contributed by atoms with van der Waals surface area (Å²) in [5.41, 5.74) is 7.23. The van der Waals surface area contributed by atoms with E-state index in [1.54, 1.807) is 19.0 Å². The van der Waals surface area contributed by atoms with Crippen LogP contribution in [0.5, 0.6) is 0 Å². The molecule has 1 atom stereocenters. The van der Waals surface area contributed by atoms with Crippen LogP contribution in [-0.4, -0.2) is 62.1 Å². The van der Waals surface area contributed by atoms with Crippen molar-refractivity contribution in [2.24, 2.45) is 0 Å². The molecule has 39 heavy (non-hydrogen) atoms. The molecule has 1 fully saturated rings. The van der Waals surface area contributed by atoms with Crippen LogP contribution in [0.1, 0.15) is 33.9 Å². The van der Waals surface area contributed by atoms with Crippen LogP contribution >= 0.6 is 0 Å². The normalized spacial score (nSPS) is 14.3. The molecule has 1 aliphatic rings. The first kappa shape index (κ1) is 26.5. The second-order valence-electron chi connectivity index (χ2n) is 10.4. The van der Waals surface area contributed by atoms with Gasteiger partial charge in [0.1, 0.15) is 0 Å². The van der Waals surface area contributed by atoms with E-state index in [2.05, 4.69) is 52.5 Å². The fraction of sp³-hybridized carbons (Fsp3) is 0.312. The Morgan fingerprint density at radius 1 is 1.00 bits per heavy atom. The number of H-pyrrole nitrogens is 1. The number of nitrogens with one attached hydrogen (secondary N) is 2. The number of amides is 2. The maximum Gasteiger partial charge on any atom is 0.226 e. The second kappa shape index (κ2) is 11.7. The molecule has 2 amide bonds. The van der Waals surface area contributed by atoms with Gasteiger partial charge in [0.25, 0.3) is 0 Å². The van der Waals surface area contributed by atoms with E-state index in [0.29, 0.717) is 19.6 Å². The Kier molecular flexibility index (Phi) is 7.98. The second-order valence-corrected chi connectivity index (χ2v) is 10.4. The lowest BCUT2D eigenvalue weighted by atomic mass is 9.94. The lowest BCUT2D eigenvalue weighted by molar-refractivity contribution is -0.128. The monoisotopic (exact) mass is 524 g/mol. The first-order valence-corrected chi connectivity index (χ1v) is 13.5. The molecule has 5 rings (SSSR count). The highest BCUT2D eigenvalue weighted by Gasteiger charge is 2.24. The minimum absolute atomic E-state index is 0.0407. The SMILES string of the molecule is Cc1ccc(C(NC(=O)Cc2ccc3[nH]cc(CC(=O)N(C)C)c3c2)c2ccccc2)c(N2CCOCC2)c1. The number of likely N-dealkylation sites (N-methyl/N-ethyl adjacent to an activating group) is 1. The largest absolute Gasteiger partial charge is 0.378 e. The summed E-state index contributed by atoms with van der Waals surface area (Å²) in [6.45, 7) is 5.13.